The zero-order valence-corrected chi connectivity index (χ0v) is 14.1. The number of nitrogens with one attached hydrogen (secondary N) is 1. The van der Waals surface area contributed by atoms with Crippen LogP contribution in [0.1, 0.15) is 39.9 Å². The quantitative estimate of drug-likeness (QED) is 0.907. The fourth-order valence-electron chi connectivity index (χ4n) is 2.83. The van der Waals surface area contributed by atoms with E-state index in [-0.39, 0.29) is 5.09 Å². The highest BCUT2D eigenvalue weighted by Crippen LogP contribution is 2.27. The fourth-order valence-corrected chi connectivity index (χ4v) is 4.43. The molecule has 0 radical (unpaired) electrons. The van der Waals surface area contributed by atoms with E-state index in [0.717, 1.165) is 6.42 Å². The highest BCUT2D eigenvalue weighted by molar-refractivity contribution is 7.89. The first-order chi connectivity index (χ1) is 9.79. The van der Waals surface area contributed by atoms with Gasteiger partial charge in [0, 0.05) is 19.1 Å². The van der Waals surface area contributed by atoms with Crippen molar-refractivity contribution in [2.45, 2.75) is 51.8 Å². The first-order valence-corrected chi connectivity index (χ1v) is 9.05. The summed E-state index contributed by atoms with van der Waals surface area (Å²) in [4.78, 5) is 0. The molecule has 1 aromatic heterocycles. The molecule has 0 aliphatic carbocycles. The van der Waals surface area contributed by atoms with E-state index >= 15 is 0 Å². The maximum absolute atomic E-state index is 12.6. The van der Waals surface area contributed by atoms with Crippen molar-refractivity contribution in [3.05, 3.63) is 17.9 Å². The predicted octanol–water partition coefficient (Wildman–Crippen LogP) is 2.44. The second-order valence-electron chi connectivity index (χ2n) is 6.52. The Balaban J connectivity index is 2.12. The van der Waals surface area contributed by atoms with Gasteiger partial charge in [-0.1, -0.05) is 27.7 Å². The molecule has 21 heavy (non-hydrogen) atoms. The number of hydrogen-bond acceptors (Lipinski definition) is 4. The maximum Gasteiger partial charge on any atom is 0.276 e. The van der Waals surface area contributed by atoms with Crippen LogP contribution in [0.5, 0.6) is 0 Å². The number of hydrogen-bond donors (Lipinski definition) is 1. The molecule has 2 unspecified atom stereocenters. The van der Waals surface area contributed by atoms with E-state index in [0.29, 0.717) is 43.3 Å². The van der Waals surface area contributed by atoms with Gasteiger partial charge in [-0.15, -0.1) is 0 Å². The Morgan fingerprint density at radius 2 is 1.90 bits per heavy atom. The molecular formula is C15H26N2O3S. The molecule has 0 aromatic carbocycles. The van der Waals surface area contributed by atoms with Crippen LogP contribution in [-0.2, 0) is 16.6 Å². The van der Waals surface area contributed by atoms with Gasteiger partial charge < -0.3 is 9.73 Å². The summed E-state index contributed by atoms with van der Waals surface area (Å²) in [6.45, 7) is 9.96. The van der Waals surface area contributed by atoms with E-state index in [1.807, 2.05) is 13.8 Å². The smallest absolute Gasteiger partial charge is 0.276 e. The van der Waals surface area contributed by atoms with Crippen molar-refractivity contribution in [1.82, 2.24) is 9.62 Å². The van der Waals surface area contributed by atoms with E-state index < -0.39 is 10.0 Å². The highest BCUT2D eigenvalue weighted by atomic mass is 32.2. The van der Waals surface area contributed by atoms with E-state index in [4.69, 9.17) is 4.42 Å². The predicted molar refractivity (Wildman–Crippen MR) is 82.4 cm³/mol. The van der Waals surface area contributed by atoms with E-state index in [1.165, 1.54) is 0 Å². The van der Waals surface area contributed by atoms with Crippen LogP contribution in [-0.4, -0.2) is 31.9 Å². The summed E-state index contributed by atoms with van der Waals surface area (Å²) in [5.41, 5.74) is 0. The molecular weight excluding hydrogens is 288 g/mol. The summed E-state index contributed by atoms with van der Waals surface area (Å²) in [7, 11) is -3.51. The zero-order chi connectivity index (χ0) is 15.6. The molecule has 2 heterocycles. The molecule has 1 aliphatic rings. The third-order valence-electron chi connectivity index (χ3n) is 3.75. The average molecular weight is 314 g/mol. The summed E-state index contributed by atoms with van der Waals surface area (Å²) in [5.74, 6) is 1.43. The van der Waals surface area contributed by atoms with Gasteiger partial charge in [-0.25, -0.2) is 8.42 Å². The van der Waals surface area contributed by atoms with Gasteiger partial charge in [-0.05, 0) is 30.4 Å². The Morgan fingerprint density at radius 3 is 2.48 bits per heavy atom. The van der Waals surface area contributed by atoms with E-state index in [1.54, 1.807) is 16.4 Å². The topological polar surface area (TPSA) is 62.6 Å². The summed E-state index contributed by atoms with van der Waals surface area (Å²) in [6.07, 6.45) is 1.08. The van der Waals surface area contributed by atoms with Crippen molar-refractivity contribution >= 4 is 10.0 Å². The Kier molecular flexibility index (Phi) is 5.11. The van der Waals surface area contributed by atoms with Crippen molar-refractivity contribution in [2.75, 3.05) is 13.1 Å². The van der Waals surface area contributed by atoms with Crippen LogP contribution in [0.2, 0.25) is 0 Å². The lowest BCUT2D eigenvalue weighted by Crippen LogP contribution is -2.42. The summed E-state index contributed by atoms with van der Waals surface area (Å²) in [5, 5.41) is 3.28. The molecule has 1 fully saturated rings. The first kappa shape index (κ1) is 16.5. The Bertz CT molecular complexity index is 555. The molecule has 5 nitrogen and oxygen atoms in total. The van der Waals surface area contributed by atoms with Gasteiger partial charge in [-0.2, -0.15) is 4.31 Å². The van der Waals surface area contributed by atoms with E-state index in [2.05, 4.69) is 19.2 Å². The van der Waals surface area contributed by atoms with Crippen LogP contribution in [0.25, 0.3) is 0 Å². The van der Waals surface area contributed by atoms with Crippen LogP contribution in [0.15, 0.2) is 21.6 Å². The standard InChI is InChI=1S/C15H26N2O3S/c1-11(2)16-8-14-5-6-15(20-14)21(18,19)17-9-12(3)7-13(4)10-17/h5-6,11-13,16H,7-10H2,1-4H3. The van der Waals surface area contributed by atoms with Crippen molar-refractivity contribution in [2.24, 2.45) is 11.8 Å². The summed E-state index contributed by atoms with van der Waals surface area (Å²) in [6, 6.07) is 3.63. The van der Waals surface area contributed by atoms with Crippen LogP contribution >= 0.6 is 0 Å². The Hall–Kier alpha value is -0.850. The molecule has 1 aliphatic heterocycles. The Labute approximate surface area is 127 Å². The van der Waals surface area contributed by atoms with Crippen LogP contribution < -0.4 is 5.32 Å². The lowest BCUT2D eigenvalue weighted by Gasteiger charge is -2.33. The Morgan fingerprint density at radius 1 is 1.29 bits per heavy atom. The molecule has 1 N–H and O–H groups in total. The van der Waals surface area contributed by atoms with Crippen molar-refractivity contribution in [3.8, 4) is 0 Å². The third kappa shape index (κ3) is 4.08. The van der Waals surface area contributed by atoms with Gasteiger partial charge in [0.2, 0.25) is 5.09 Å². The number of rotatable bonds is 5. The number of furan rings is 1. The molecule has 6 heteroatoms. The normalized spacial score (nSPS) is 24.6. The molecule has 0 bridgehead atoms. The van der Waals surface area contributed by atoms with Crippen LogP contribution in [0.3, 0.4) is 0 Å². The van der Waals surface area contributed by atoms with Gasteiger partial charge >= 0.3 is 0 Å². The van der Waals surface area contributed by atoms with Gasteiger partial charge in [0.25, 0.3) is 10.0 Å². The molecule has 0 amide bonds. The maximum atomic E-state index is 12.6. The highest BCUT2D eigenvalue weighted by Gasteiger charge is 2.33. The van der Waals surface area contributed by atoms with Crippen LogP contribution in [0.4, 0.5) is 0 Å². The van der Waals surface area contributed by atoms with E-state index in [9.17, 15) is 8.42 Å². The SMILES string of the molecule is CC1CC(C)CN(S(=O)(=O)c2ccc(CNC(C)C)o2)C1. The molecule has 0 saturated carbocycles. The largest absolute Gasteiger partial charge is 0.447 e. The van der Waals surface area contributed by atoms with Crippen LogP contribution in [0, 0.1) is 11.8 Å². The number of nitrogens with zero attached hydrogens (tertiary/aromatic N) is 1. The minimum absolute atomic E-state index is 0.0596. The van der Waals surface area contributed by atoms with Gasteiger partial charge in [0.1, 0.15) is 5.76 Å². The molecule has 2 rings (SSSR count). The first-order valence-electron chi connectivity index (χ1n) is 7.61. The number of piperidine rings is 1. The second kappa shape index (κ2) is 6.50. The summed E-state index contributed by atoms with van der Waals surface area (Å²) >= 11 is 0. The molecule has 120 valence electrons. The molecule has 0 spiro atoms. The fraction of sp³-hybridized carbons (Fsp3) is 0.733. The molecule has 2 atom stereocenters. The minimum atomic E-state index is -3.51. The zero-order valence-electron chi connectivity index (χ0n) is 13.3. The van der Waals surface area contributed by atoms with Crippen molar-refractivity contribution in [3.63, 3.8) is 0 Å². The molecule has 1 saturated heterocycles. The lowest BCUT2D eigenvalue weighted by atomic mass is 9.94. The van der Waals surface area contributed by atoms with Gasteiger partial charge in [0.05, 0.1) is 6.54 Å². The second-order valence-corrected chi connectivity index (χ2v) is 8.39. The third-order valence-corrected chi connectivity index (χ3v) is 5.46. The van der Waals surface area contributed by atoms with Gasteiger partial charge in [-0.3, -0.25) is 0 Å². The lowest BCUT2D eigenvalue weighted by molar-refractivity contribution is 0.218. The monoisotopic (exact) mass is 314 g/mol. The van der Waals surface area contributed by atoms with Crippen molar-refractivity contribution < 1.29 is 12.8 Å². The van der Waals surface area contributed by atoms with Crippen molar-refractivity contribution in [1.29, 1.82) is 0 Å². The number of sulfonamides is 1. The minimum Gasteiger partial charge on any atom is -0.447 e. The average Bonchev–Trinajstić information content (AvgIpc) is 2.84. The van der Waals surface area contributed by atoms with Gasteiger partial charge in [0.15, 0.2) is 0 Å². The molecule has 1 aromatic rings. The summed E-state index contributed by atoms with van der Waals surface area (Å²) < 4.78 is 32.4.